The zero-order valence-electron chi connectivity index (χ0n) is 20.5. The number of aromatic nitrogens is 1. The van der Waals surface area contributed by atoms with Crippen molar-refractivity contribution in [1.82, 2.24) is 9.88 Å². The van der Waals surface area contributed by atoms with Crippen LogP contribution in [0.2, 0.25) is 0 Å². The number of carbonyl (C=O) groups excluding carboxylic acids is 2. The van der Waals surface area contributed by atoms with Crippen LogP contribution in [0.3, 0.4) is 0 Å². The molecule has 0 N–H and O–H groups in total. The van der Waals surface area contributed by atoms with Crippen molar-refractivity contribution in [2.45, 2.75) is 38.6 Å². The number of nitrogens with zero attached hydrogens (tertiary/aromatic N) is 4. The molecule has 2 saturated heterocycles. The lowest BCUT2D eigenvalue weighted by molar-refractivity contribution is 0.0745. The number of aryl methyl sites for hydroxylation is 2. The van der Waals surface area contributed by atoms with Gasteiger partial charge in [0.1, 0.15) is 12.4 Å². The maximum absolute atomic E-state index is 13.3. The van der Waals surface area contributed by atoms with E-state index >= 15 is 0 Å². The summed E-state index contributed by atoms with van der Waals surface area (Å²) in [5.41, 5.74) is 4.79. The standard InChI is InChI=1S/C26H32N4O4.ClH/c1-17-13-21(30-22(15-33-3)16-34-26(30)32)6-7-23(17)25(31)29-10-8-28(9-11-29)24-18(2)12-20(14-27-24)19-4-5-19;/h6-7,12-14,19,22H,4-5,8-11,15-16H2,1-3H3;1H. The third-order valence-corrected chi connectivity index (χ3v) is 7.03. The molecule has 0 bridgehead atoms. The first kappa shape index (κ1) is 25.3. The fourth-order valence-electron chi connectivity index (χ4n) is 4.98. The first-order valence-electron chi connectivity index (χ1n) is 12.0. The minimum absolute atomic E-state index is 0. The highest BCUT2D eigenvalue weighted by Gasteiger charge is 2.35. The molecule has 1 atom stereocenters. The van der Waals surface area contributed by atoms with Gasteiger partial charge in [0.15, 0.2) is 0 Å². The van der Waals surface area contributed by atoms with Crippen molar-refractivity contribution in [3.8, 4) is 0 Å². The van der Waals surface area contributed by atoms with Crippen LogP contribution < -0.4 is 9.80 Å². The van der Waals surface area contributed by atoms with Gasteiger partial charge in [0.25, 0.3) is 5.91 Å². The van der Waals surface area contributed by atoms with E-state index in [2.05, 4.69) is 17.9 Å². The van der Waals surface area contributed by atoms with Gasteiger partial charge in [0, 0.05) is 50.7 Å². The molecule has 1 saturated carbocycles. The number of carbonyl (C=O) groups is 2. The molecule has 2 aromatic rings. The molecule has 1 aromatic heterocycles. The highest BCUT2D eigenvalue weighted by atomic mass is 35.5. The van der Waals surface area contributed by atoms with Crippen LogP contribution in [-0.2, 0) is 9.47 Å². The van der Waals surface area contributed by atoms with E-state index in [0.717, 1.165) is 30.2 Å². The Balaban J connectivity index is 0.00000289. The lowest BCUT2D eigenvalue weighted by atomic mass is 10.0. The Bertz CT molecular complexity index is 1100. The van der Waals surface area contributed by atoms with Crippen LogP contribution in [0.1, 0.15) is 45.8 Å². The Hall–Kier alpha value is -2.84. The number of piperazine rings is 1. The van der Waals surface area contributed by atoms with Gasteiger partial charge in [-0.15, -0.1) is 12.4 Å². The summed E-state index contributed by atoms with van der Waals surface area (Å²) in [7, 11) is 1.61. The molecule has 5 rings (SSSR count). The van der Waals surface area contributed by atoms with Crippen LogP contribution in [0.15, 0.2) is 30.5 Å². The summed E-state index contributed by atoms with van der Waals surface area (Å²) in [6, 6.07) is 7.63. The Morgan fingerprint density at radius 2 is 1.86 bits per heavy atom. The number of cyclic esters (lactones) is 1. The zero-order valence-corrected chi connectivity index (χ0v) is 21.3. The molecular formula is C26H33ClN4O4. The summed E-state index contributed by atoms with van der Waals surface area (Å²) in [5, 5.41) is 0. The number of rotatable bonds is 6. The van der Waals surface area contributed by atoms with Gasteiger partial charge in [-0.2, -0.15) is 0 Å². The number of hydrogen-bond donors (Lipinski definition) is 0. The van der Waals surface area contributed by atoms with Crippen molar-refractivity contribution >= 4 is 35.9 Å². The molecule has 2 aliphatic heterocycles. The summed E-state index contributed by atoms with van der Waals surface area (Å²) in [6.07, 6.45) is 4.19. The van der Waals surface area contributed by atoms with Crippen molar-refractivity contribution in [3.05, 3.63) is 52.7 Å². The number of methoxy groups -OCH3 is 1. The van der Waals surface area contributed by atoms with Crippen LogP contribution in [0.4, 0.5) is 16.3 Å². The average Bonchev–Trinajstić information content (AvgIpc) is 3.62. The lowest BCUT2D eigenvalue weighted by Crippen LogP contribution is -2.49. The number of ether oxygens (including phenoxy) is 2. The predicted octanol–water partition coefficient (Wildman–Crippen LogP) is 3.93. The number of anilines is 2. The van der Waals surface area contributed by atoms with E-state index in [1.54, 1.807) is 12.0 Å². The molecule has 3 aliphatic rings. The van der Waals surface area contributed by atoms with Crippen molar-refractivity contribution in [2.75, 3.05) is 56.3 Å². The second kappa shape index (κ2) is 10.4. The quantitative estimate of drug-likeness (QED) is 0.598. The fraction of sp³-hybridized carbons (Fsp3) is 0.500. The number of hydrogen-bond acceptors (Lipinski definition) is 6. The van der Waals surface area contributed by atoms with Crippen molar-refractivity contribution in [1.29, 1.82) is 0 Å². The zero-order chi connectivity index (χ0) is 23.8. The van der Waals surface area contributed by atoms with Gasteiger partial charge in [-0.3, -0.25) is 9.69 Å². The lowest BCUT2D eigenvalue weighted by Gasteiger charge is -2.36. The van der Waals surface area contributed by atoms with Crippen molar-refractivity contribution in [3.63, 3.8) is 0 Å². The molecule has 0 radical (unpaired) electrons. The number of benzene rings is 1. The van der Waals surface area contributed by atoms with Crippen molar-refractivity contribution in [2.24, 2.45) is 0 Å². The van der Waals surface area contributed by atoms with Crippen LogP contribution in [0, 0.1) is 13.8 Å². The molecule has 0 spiro atoms. The molecule has 9 heteroatoms. The normalized spacial score (nSPS) is 20.0. The van der Waals surface area contributed by atoms with E-state index in [9.17, 15) is 9.59 Å². The highest BCUT2D eigenvalue weighted by Crippen LogP contribution is 2.40. The molecule has 2 amide bonds. The molecule has 1 aromatic carbocycles. The molecule has 188 valence electrons. The maximum Gasteiger partial charge on any atom is 0.414 e. The predicted molar refractivity (Wildman–Crippen MR) is 137 cm³/mol. The summed E-state index contributed by atoms with van der Waals surface area (Å²) < 4.78 is 10.4. The number of amides is 2. The van der Waals surface area contributed by atoms with E-state index in [0.29, 0.717) is 37.8 Å². The van der Waals surface area contributed by atoms with Crippen LogP contribution in [0.5, 0.6) is 0 Å². The third-order valence-electron chi connectivity index (χ3n) is 7.03. The summed E-state index contributed by atoms with van der Waals surface area (Å²) in [6.45, 7) is 7.56. The first-order valence-corrected chi connectivity index (χ1v) is 12.0. The van der Waals surface area contributed by atoms with Crippen LogP contribution in [0.25, 0.3) is 0 Å². The second-order valence-corrected chi connectivity index (χ2v) is 9.52. The van der Waals surface area contributed by atoms with E-state index in [-0.39, 0.29) is 30.4 Å². The highest BCUT2D eigenvalue weighted by molar-refractivity contribution is 5.97. The second-order valence-electron chi connectivity index (χ2n) is 9.52. The summed E-state index contributed by atoms with van der Waals surface area (Å²) in [5.74, 6) is 1.75. The van der Waals surface area contributed by atoms with E-state index < -0.39 is 0 Å². The van der Waals surface area contributed by atoms with Crippen LogP contribution >= 0.6 is 12.4 Å². The smallest absolute Gasteiger partial charge is 0.414 e. The van der Waals surface area contributed by atoms with Crippen molar-refractivity contribution < 1.29 is 19.1 Å². The Kier molecular flexibility index (Phi) is 7.52. The SMILES string of the molecule is COCC1COC(=O)N1c1ccc(C(=O)N2CCN(c3ncc(C4CC4)cc3C)CC2)c(C)c1.Cl. The van der Waals surface area contributed by atoms with E-state index in [4.69, 9.17) is 14.5 Å². The number of halogens is 1. The minimum atomic E-state index is -0.384. The largest absolute Gasteiger partial charge is 0.447 e. The first-order chi connectivity index (χ1) is 16.5. The summed E-state index contributed by atoms with van der Waals surface area (Å²) >= 11 is 0. The topological polar surface area (TPSA) is 75.2 Å². The molecule has 3 fully saturated rings. The summed E-state index contributed by atoms with van der Waals surface area (Å²) in [4.78, 5) is 36.1. The molecule has 1 aliphatic carbocycles. The third kappa shape index (κ3) is 5.09. The molecule has 3 heterocycles. The Labute approximate surface area is 212 Å². The van der Waals surface area contributed by atoms with Gasteiger partial charge in [-0.25, -0.2) is 9.78 Å². The maximum atomic E-state index is 13.3. The van der Waals surface area contributed by atoms with E-state index in [1.807, 2.05) is 36.2 Å². The van der Waals surface area contributed by atoms with Gasteiger partial charge >= 0.3 is 6.09 Å². The molecular weight excluding hydrogens is 468 g/mol. The van der Waals surface area contributed by atoms with Gasteiger partial charge in [0.2, 0.25) is 0 Å². The van der Waals surface area contributed by atoms with Crippen LogP contribution in [-0.4, -0.2) is 74.4 Å². The molecule has 35 heavy (non-hydrogen) atoms. The Morgan fingerprint density at radius 1 is 1.11 bits per heavy atom. The number of pyridine rings is 1. The minimum Gasteiger partial charge on any atom is -0.447 e. The van der Waals surface area contributed by atoms with Gasteiger partial charge in [0.05, 0.1) is 12.6 Å². The van der Waals surface area contributed by atoms with Gasteiger partial charge in [-0.05, 0) is 67.5 Å². The van der Waals surface area contributed by atoms with Gasteiger partial charge < -0.3 is 19.3 Å². The molecule has 1 unspecified atom stereocenters. The van der Waals surface area contributed by atoms with E-state index in [1.165, 1.54) is 24.0 Å². The fourth-order valence-corrected chi connectivity index (χ4v) is 4.98. The average molecular weight is 501 g/mol. The van der Waals surface area contributed by atoms with Gasteiger partial charge in [-0.1, -0.05) is 6.07 Å². The Morgan fingerprint density at radius 3 is 2.49 bits per heavy atom. The molecule has 8 nitrogen and oxygen atoms in total. The monoisotopic (exact) mass is 500 g/mol.